The number of nitrogens with one attached hydrogen (secondary N) is 1. The van der Waals surface area contributed by atoms with Gasteiger partial charge in [-0.3, -0.25) is 9.59 Å². The lowest BCUT2D eigenvalue weighted by atomic mass is 10.1. The van der Waals surface area contributed by atoms with Gasteiger partial charge in [0.1, 0.15) is 6.61 Å². The Bertz CT molecular complexity index is 892. The molecule has 0 aliphatic heterocycles. The number of alkyl halides is 3. The highest BCUT2D eigenvalue weighted by atomic mass is 19.4. The maximum Gasteiger partial charge on any atom is 0.411 e. The number of halogens is 3. The van der Waals surface area contributed by atoms with E-state index in [0.717, 1.165) is 0 Å². The van der Waals surface area contributed by atoms with E-state index in [1.807, 2.05) is 0 Å². The molecule has 0 saturated heterocycles. The molecule has 0 radical (unpaired) electrons. The number of hydrogen-bond acceptors (Lipinski definition) is 5. The second kappa shape index (κ2) is 10.0. The number of benzene rings is 2. The Labute approximate surface area is 171 Å². The van der Waals surface area contributed by atoms with E-state index in [9.17, 15) is 27.6 Å². The number of amides is 1. The maximum atomic E-state index is 12.2. The highest BCUT2D eigenvalue weighted by Gasteiger charge is 2.27. The molecule has 9 heteroatoms. The average molecular weight is 423 g/mol. The average Bonchev–Trinajstić information content (AvgIpc) is 2.67. The molecule has 0 aliphatic rings. The van der Waals surface area contributed by atoms with Crippen LogP contribution in [0.1, 0.15) is 40.1 Å². The zero-order valence-electron chi connectivity index (χ0n) is 16.3. The van der Waals surface area contributed by atoms with Crippen molar-refractivity contribution in [1.29, 1.82) is 0 Å². The molecule has 6 nitrogen and oxygen atoms in total. The van der Waals surface area contributed by atoms with E-state index in [1.54, 1.807) is 24.3 Å². The van der Waals surface area contributed by atoms with Crippen molar-refractivity contribution in [2.75, 3.05) is 11.9 Å². The SMILES string of the molecule is CC(=O)c1ccc(NC(=O)C(C)OC(=O)c2ccc(COCC(F)(F)F)cc2)cc1. The van der Waals surface area contributed by atoms with Gasteiger partial charge in [0.15, 0.2) is 11.9 Å². The van der Waals surface area contributed by atoms with Gasteiger partial charge in [-0.05, 0) is 55.8 Å². The number of anilines is 1. The van der Waals surface area contributed by atoms with Crippen LogP contribution in [0, 0.1) is 0 Å². The Morgan fingerprint density at radius 3 is 2.07 bits per heavy atom. The number of carbonyl (C=O) groups excluding carboxylic acids is 3. The Morgan fingerprint density at radius 2 is 1.53 bits per heavy atom. The van der Waals surface area contributed by atoms with Gasteiger partial charge < -0.3 is 14.8 Å². The van der Waals surface area contributed by atoms with Crippen LogP contribution >= 0.6 is 0 Å². The van der Waals surface area contributed by atoms with Crippen molar-refractivity contribution in [2.45, 2.75) is 32.7 Å². The van der Waals surface area contributed by atoms with Gasteiger partial charge in [0.25, 0.3) is 5.91 Å². The molecule has 0 aliphatic carbocycles. The van der Waals surface area contributed by atoms with Crippen molar-refractivity contribution in [2.24, 2.45) is 0 Å². The van der Waals surface area contributed by atoms with Crippen LogP contribution in [0.5, 0.6) is 0 Å². The van der Waals surface area contributed by atoms with Crippen LogP contribution in [0.2, 0.25) is 0 Å². The number of carbonyl (C=O) groups is 3. The molecule has 160 valence electrons. The van der Waals surface area contributed by atoms with E-state index in [1.165, 1.54) is 38.1 Å². The highest BCUT2D eigenvalue weighted by Crippen LogP contribution is 2.16. The smallest absolute Gasteiger partial charge is 0.411 e. The standard InChI is InChI=1S/C21H20F3NO5/c1-13(26)16-7-9-18(10-8-16)25-19(27)14(2)30-20(28)17-5-3-15(4-6-17)11-29-12-21(22,23)24/h3-10,14H,11-12H2,1-2H3,(H,25,27). The lowest BCUT2D eigenvalue weighted by Crippen LogP contribution is -2.30. The fourth-order valence-corrected chi connectivity index (χ4v) is 2.34. The van der Waals surface area contributed by atoms with Crippen molar-refractivity contribution in [3.8, 4) is 0 Å². The summed E-state index contributed by atoms with van der Waals surface area (Å²) in [6.45, 7) is 1.21. The predicted octanol–water partition coefficient (Wildman–Crippen LogP) is 4.15. The first kappa shape index (κ1) is 23.1. The number of esters is 1. The number of ether oxygens (including phenoxy) is 2. The number of rotatable bonds is 8. The molecule has 1 atom stereocenters. The summed E-state index contributed by atoms with van der Waals surface area (Å²) in [4.78, 5) is 35.6. The molecule has 0 saturated carbocycles. The molecule has 0 heterocycles. The van der Waals surface area contributed by atoms with Gasteiger partial charge in [-0.2, -0.15) is 13.2 Å². The molecule has 0 aromatic heterocycles. The fourth-order valence-electron chi connectivity index (χ4n) is 2.34. The van der Waals surface area contributed by atoms with Crippen molar-refractivity contribution < 1.29 is 37.0 Å². The minimum absolute atomic E-state index is 0.104. The normalized spacial score (nSPS) is 12.2. The Morgan fingerprint density at radius 1 is 0.967 bits per heavy atom. The summed E-state index contributed by atoms with van der Waals surface area (Å²) in [5, 5.41) is 2.57. The largest absolute Gasteiger partial charge is 0.449 e. The van der Waals surface area contributed by atoms with E-state index >= 15 is 0 Å². The Kier molecular flexibility index (Phi) is 7.71. The summed E-state index contributed by atoms with van der Waals surface area (Å²) in [7, 11) is 0. The third-order valence-corrected chi connectivity index (χ3v) is 3.94. The van der Waals surface area contributed by atoms with E-state index < -0.39 is 30.8 Å². The third kappa shape index (κ3) is 7.32. The minimum Gasteiger partial charge on any atom is -0.449 e. The summed E-state index contributed by atoms with van der Waals surface area (Å²) >= 11 is 0. The van der Waals surface area contributed by atoms with Crippen LogP contribution in [0.3, 0.4) is 0 Å². The Hall–Kier alpha value is -3.20. The molecule has 2 aromatic carbocycles. The van der Waals surface area contributed by atoms with Crippen LogP contribution < -0.4 is 5.32 Å². The molecule has 0 fully saturated rings. The first-order chi connectivity index (χ1) is 14.0. The molecular weight excluding hydrogens is 403 g/mol. The second-order valence-corrected chi connectivity index (χ2v) is 6.48. The van der Waals surface area contributed by atoms with Crippen molar-refractivity contribution in [1.82, 2.24) is 0 Å². The van der Waals surface area contributed by atoms with Gasteiger partial charge in [0, 0.05) is 11.3 Å². The van der Waals surface area contributed by atoms with Crippen molar-refractivity contribution in [3.63, 3.8) is 0 Å². The molecule has 0 bridgehead atoms. The van der Waals surface area contributed by atoms with E-state index in [4.69, 9.17) is 4.74 Å². The summed E-state index contributed by atoms with van der Waals surface area (Å²) < 4.78 is 45.9. The molecule has 1 N–H and O–H groups in total. The van der Waals surface area contributed by atoms with Crippen LogP contribution in [-0.2, 0) is 20.9 Å². The topological polar surface area (TPSA) is 81.7 Å². The monoisotopic (exact) mass is 423 g/mol. The lowest BCUT2D eigenvalue weighted by molar-refractivity contribution is -0.176. The summed E-state index contributed by atoms with van der Waals surface area (Å²) in [5.74, 6) is -1.42. The molecular formula is C21H20F3NO5. The predicted molar refractivity (Wildman–Crippen MR) is 102 cm³/mol. The fraction of sp³-hybridized carbons (Fsp3) is 0.286. The first-order valence-corrected chi connectivity index (χ1v) is 8.91. The maximum absolute atomic E-state index is 12.2. The van der Waals surface area contributed by atoms with Crippen molar-refractivity contribution >= 4 is 23.3 Å². The van der Waals surface area contributed by atoms with E-state index in [2.05, 4.69) is 10.1 Å². The van der Waals surface area contributed by atoms with Gasteiger partial charge in [-0.1, -0.05) is 12.1 Å². The van der Waals surface area contributed by atoms with Gasteiger partial charge >= 0.3 is 12.1 Å². The summed E-state index contributed by atoms with van der Waals surface area (Å²) in [5.41, 5.74) is 1.53. The molecule has 1 amide bonds. The number of hydrogen-bond donors (Lipinski definition) is 1. The van der Waals surface area contributed by atoms with Gasteiger partial charge in [-0.25, -0.2) is 4.79 Å². The Balaban J connectivity index is 1.86. The van der Waals surface area contributed by atoms with Crippen molar-refractivity contribution in [3.05, 3.63) is 65.2 Å². The quantitative estimate of drug-likeness (QED) is 0.510. The summed E-state index contributed by atoms with van der Waals surface area (Å²) in [6, 6.07) is 11.9. The zero-order chi connectivity index (χ0) is 22.3. The minimum atomic E-state index is -4.41. The third-order valence-electron chi connectivity index (χ3n) is 3.94. The molecule has 2 aromatic rings. The van der Waals surface area contributed by atoms with Crippen LogP contribution in [-0.4, -0.2) is 36.5 Å². The van der Waals surface area contributed by atoms with Crippen LogP contribution in [0.25, 0.3) is 0 Å². The number of ketones is 1. The number of Topliss-reactive ketones (excluding diaryl/α,β-unsaturated/α-hetero) is 1. The van der Waals surface area contributed by atoms with E-state index in [-0.39, 0.29) is 18.0 Å². The van der Waals surface area contributed by atoms with Crippen LogP contribution in [0.15, 0.2) is 48.5 Å². The van der Waals surface area contributed by atoms with E-state index in [0.29, 0.717) is 16.8 Å². The van der Waals surface area contributed by atoms with Gasteiger partial charge in [0.05, 0.1) is 12.2 Å². The van der Waals surface area contributed by atoms with Gasteiger partial charge in [-0.15, -0.1) is 0 Å². The lowest BCUT2D eigenvalue weighted by Gasteiger charge is -2.14. The zero-order valence-corrected chi connectivity index (χ0v) is 16.3. The molecule has 0 spiro atoms. The first-order valence-electron chi connectivity index (χ1n) is 8.91. The molecule has 2 rings (SSSR count). The van der Waals surface area contributed by atoms with Crippen LogP contribution in [0.4, 0.5) is 18.9 Å². The second-order valence-electron chi connectivity index (χ2n) is 6.48. The highest BCUT2D eigenvalue weighted by molar-refractivity contribution is 5.98. The van der Waals surface area contributed by atoms with Gasteiger partial charge in [0.2, 0.25) is 0 Å². The molecule has 30 heavy (non-hydrogen) atoms. The summed E-state index contributed by atoms with van der Waals surface area (Å²) in [6.07, 6.45) is -5.50. The molecule has 1 unspecified atom stereocenters.